The topological polar surface area (TPSA) is 75.4 Å². The van der Waals surface area contributed by atoms with Crippen LogP contribution in [0.5, 0.6) is 0 Å². The Morgan fingerprint density at radius 1 is 1.06 bits per heavy atom. The van der Waals surface area contributed by atoms with Crippen LogP contribution in [0, 0.1) is 20.8 Å². The molecule has 166 valence electrons. The molecule has 0 bridgehead atoms. The molecule has 1 N–H and O–H groups in total. The molecule has 0 aliphatic heterocycles. The van der Waals surface area contributed by atoms with E-state index in [0.717, 1.165) is 48.1 Å². The number of aromatic nitrogens is 1. The molecule has 1 atom stereocenters. The van der Waals surface area contributed by atoms with Crippen LogP contribution in [0.2, 0.25) is 0 Å². The Labute approximate surface area is 188 Å². The predicted octanol–water partition coefficient (Wildman–Crippen LogP) is 5.05. The van der Waals surface area contributed by atoms with Crippen molar-refractivity contribution in [2.75, 3.05) is 4.90 Å². The maximum absolute atomic E-state index is 13.8. The molecule has 1 aliphatic carbocycles. The third-order valence-corrected chi connectivity index (χ3v) is 6.06. The molecule has 1 saturated carbocycles. The molecule has 2 aromatic heterocycles. The summed E-state index contributed by atoms with van der Waals surface area (Å²) >= 11 is 0. The van der Waals surface area contributed by atoms with Crippen molar-refractivity contribution in [2.45, 2.75) is 58.5 Å². The molecule has 2 heterocycles. The number of anilines is 1. The lowest BCUT2D eigenvalue weighted by Gasteiger charge is -2.34. The summed E-state index contributed by atoms with van der Waals surface area (Å²) in [5, 5.41) is 3.19. The smallest absolute Gasteiger partial charge is 0.294 e. The summed E-state index contributed by atoms with van der Waals surface area (Å²) in [5.41, 5.74) is 4.38. The van der Waals surface area contributed by atoms with E-state index in [1.807, 2.05) is 32.9 Å². The van der Waals surface area contributed by atoms with Crippen LogP contribution in [0.3, 0.4) is 0 Å². The molecule has 1 fully saturated rings. The molecular formula is C26H29N3O3. The van der Waals surface area contributed by atoms with E-state index >= 15 is 0 Å². The number of benzene rings is 1. The molecule has 4 rings (SSSR count). The van der Waals surface area contributed by atoms with Crippen molar-refractivity contribution in [3.8, 4) is 0 Å². The minimum absolute atomic E-state index is 0.132. The van der Waals surface area contributed by atoms with Gasteiger partial charge in [0.15, 0.2) is 5.76 Å². The molecule has 1 aliphatic rings. The fourth-order valence-electron chi connectivity index (χ4n) is 4.73. The van der Waals surface area contributed by atoms with Gasteiger partial charge in [-0.15, -0.1) is 0 Å². The number of furan rings is 1. The Hall–Kier alpha value is -3.41. The van der Waals surface area contributed by atoms with Gasteiger partial charge < -0.3 is 9.73 Å². The Bertz CT molecular complexity index is 1060. The van der Waals surface area contributed by atoms with Crippen molar-refractivity contribution in [1.29, 1.82) is 0 Å². The fourth-order valence-corrected chi connectivity index (χ4v) is 4.73. The van der Waals surface area contributed by atoms with Gasteiger partial charge in [0.2, 0.25) is 5.91 Å². The summed E-state index contributed by atoms with van der Waals surface area (Å²) < 4.78 is 5.47. The number of amides is 2. The second kappa shape index (κ2) is 9.39. The quantitative estimate of drug-likeness (QED) is 0.593. The van der Waals surface area contributed by atoms with E-state index in [1.165, 1.54) is 6.26 Å². The lowest BCUT2D eigenvalue weighted by atomic mass is 9.98. The zero-order valence-corrected chi connectivity index (χ0v) is 18.8. The van der Waals surface area contributed by atoms with Gasteiger partial charge in [-0.1, -0.05) is 30.5 Å². The molecule has 2 amide bonds. The van der Waals surface area contributed by atoms with Gasteiger partial charge in [0.1, 0.15) is 6.04 Å². The molecule has 0 spiro atoms. The molecule has 0 radical (unpaired) electrons. The summed E-state index contributed by atoms with van der Waals surface area (Å²) in [4.78, 5) is 33.2. The zero-order valence-electron chi connectivity index (χ0n) is 18.8. The van der Waals surface area contributed by atoms with Crippen molar-refractivity contribution in [3.63, 3.8) is 0 Å². The van der Waals surface area contributed by atoms with Crippen molar-refractivity contribution < 1.29 is 14.0 Å². The number of pyridine rings is 1. The molecule has 1 unspecified atom stereocenters. The average Bonchev–Trinajstić information content (AvgIpc) is 3.47. The summed E-state index contributed by atoms with van der Waals surface area (Å²) in [5.74, 6) is -0.354. The molecule has 6 nitrogen and oxygen atoms in total. The van der Waals surface area contributed by atoms with Gasteiger partial charge in [-0.25, -0.2) is 0 Å². The van der Waals surface area contributed by atoms with Gasteiger partial charge in [0, 0.05) is 18.4 Å². The van der Waals surface area contributed by atoms with E-state index in [0.29, 0.717) is 5.56 Å². The maximum Gasteiger partial charge on any atom is 0.294 e. The van der Waals surface area contributed by atoms with E-state index < -0.39 is 6.04 Å². The number of carbonyl (C=O) groups excluding carboxylic acids is 2. The predicted molar refractivity (Wildman–Crippen MR) is 124 cm³/mol. The third kappa shape index (κ3) is 4.44. The molecule has 6 heteroatoms. The van der Waals surface area contributed by atoms with Crippen LogP contribution in [0.4, 0.5) is 5.69 Å². The molecule has 0 saturated heterocycles. The van der Waals surface area contributed by atoms with E-state index in [9.17, 15) is 9.59 Å². The second-order valence-corrected chi connectivity index (χ2v) is 8.57. The van der Waals surface area contributed by atoms with Crippen LogP contribution in [0.15, 0.2) is 59.5 Å². The number of rotatable bonds is 6. The third-order valence-electron chi connectivity index (χ3n) is 6.06. The first-order valence-electron chi connectivity index (χ1n) is 11.1. The van der Waals surface area contributed by atoms with Crippen molar-refractivity contribution >= 4 is 17.5 Å². The van der Waals surface area contributed by atoms with E-state index in [1.54, 1.807) is 41.6 Å². The summed E-state index contributed by atoms with van der Waals surface area (Å²) in [6.07, 6.45) is 8.91. The fraction of sp³-hybridized carbons (Fsp3) is 0.346. The Balaban J connectivity index is 1.86. The number of aryl methyl sites for hydroxylation is 3. The number of carbonyl (C=O) groups is 2. The van der Waals surface area contributed by atoms with Gasteiger partial charge in [0.05, 0.1) is 12.0 Å². The molecule has 3 aromatic rings. The first-order chi connectivity index (χ1) is 15.5. The van der Waals surface area contributed by atoms with Crippen LogP contribution in [0.1, 0.15) is 64.5 Å². The first-order valence-corrected chi connectivity index (χ1v) is 11.1. The van der Waals surface area contributed by atoms with Crippen molar-refractivity contribution in [1.82, 2.24) is 10.3 Å². The zero-order chi connectivity index (χ0) is 22.7. The van der Waals surface area contributed by atoms with Crippen LogP contribution >= 0.6 is 0 Å². The van der Waals surface area contributed by atoms with Gasteiger partial charge in [-0.3, -0.25) is 19.5 Å². The first kappa shape index (κ1) is 21.8. The summed E-state index contributed by atoms with van der Waals surface area (Å²) in [6, 6.07) is 10.2. The van der Waals surface area contributed by atoms with Crippen LogP contribution < -0.4 is 10.2 Å². The lowest BCUT2D eigenvalue weighted by molar-refractivity contribution is -0.123. The van der Waals surface area contributed by atoms with Gasteiger partial charge in [0.25, 0.3) is 5.91 Å². The molecule has 32 heavy (non-hydrogen) atoms. The normalized spacial score (nSPS) is 14.8. The summed E-state index contributed by atoms with van der Waals surface area (Å²) in [6.45, 7) is 5.96. The SMILES string of the molecule is Cc1cc(C)c(N(C(=O)c2ccco2)C(C(=O)NC2CCCC2)c2ccncc2)c(C)c1. The highest BCUT2D eigenvalue weighted by molar-refractivity contribution is 6.09. The minimum atomic E-state index is -0.851. The van der Waals surface area contributed by atoms with Gasteiger partial charge in [-0.05, 0) is 74.6 Å². The highest BCUT2D eigenvalue weighted by atomic mass is 16.3. The Morgan fingerprint density at radius 3 is 2.31 bits per heavy atom. The standard InChI is InChI=1S/C26H29N3O3/c1-17-15-18(2)23(19(3)16-17)29(26(31)22-9-6-14-32-22)24(20-10-12-27-13-11-20)25(30)28-21-7-4-5-8-21/h6,9-16,21,24H,4-5,7-8H2,1-3H3,(H,28,30). The van der Waals surface area contributed by atoms with E-state index in [4.69, 9.17) is 4.42 Å². The largest absolute Gasteiger partial charge is 0.459 e. The number of nitrogens with one attached hydrogen (secondary N) is 1. The highest BCUT2D eigenvalue weighted by Crippen LogP contribution is 2.35. The second-order valence-electron chi connectivity index (χ2n) is 8.57. The highest BCUT2D eigenvalue weighted by Gasteiger charge is 2.37. The van der Waals surface area contributed by atoms with E-state index in [2.05, 4.69) is 10.3 Å². The van der Waals surface area contributed by atoms with Crippen LogP contribution in [-0.4, -0.2) is 22.8 Å². The lowest BCUT2D eigenvalue weighted by Crippen LogP contribution is -2.46. The van der Waals surface area contributed by atoms with Crippen molar-refractivity contribution in [2.24, 2.45) is 0 Å². The Morgan fingerprint density at radius 2 is 1.72 bits per heavy atom. The molecular weight excluding hydrogens is 402 g/mol. The van der Waals surface area contributed by atoms with Gasteiger partial charge >= 0.3 is 0 Å². The maximum atomic E-state index is 13.8. The average molecular weight is 432 g/mol. The number of nitrogens with zero attached hydrogens (tertiary/aromatic N) is 2. The van der Waals surface area contributed by atoms with Crippen LogP contribution in [0.25, 0.3) is 0 Å². The summed E-state index contributed by atoms with van der Waals surface area (Å²) in [7, 11) is 0. The van der Waals surface area contributed by atoms with E-state index in [-0.39, 0.29) is 23.6 Å². The Kier molecular flexibility index (Phi) is 6.40. The molecule has 1 aromatic carbocycles. The van der Waals surface area contributed by atoms with Gasteiger partial charge in [-0.2, -0.15) is 0 Å². The van der Waals surface area contributed by atoms with Crippen molar-refractivity contribution in [3.05, 3.63) is 83.1 Å². The number of hydrogen-bond donors (Lipinski definition) is 1. The number of hydrogen-bond acceptors (Lipinski definition) is 4. The minimum Gasteiger partial charge on any atom is -0.459 e. The monoisotopic (exact) mass is 431 g/mol. The van der Waals surface area contributed by atoms with Crippen LogP contribution in [-0.2, 0) is 4.79 Å².